The maximum Gasteiger partial charge on any atom is 0.305 e. The lowest BCUT2D eigenvalue weighted by molar-refractivity contribution is -0.142. The maximum absolute atomic E-state index is 12.6. The molecule has 0 aliphatic heterocycles. The molecule has 0 heterocycles. The Morgan fingerprint density at radius 3 is 2.15 bits per heavy atom. The summed E-state index contributed by atoms with van der Waals surface area (Å²) in [6.07, 6.45) is 2.36. The molecule has 0 spiro atoms. The van der Waals surface area contributed by atoms with Crippen LogP contribution >= 0.6 is 0 Å². The van der Waals surface area contributed by atoms with Gasteiger partial charge >= 0.3 is 5.97 Å². The molecule has 0 saturated heterocycles. The zero-order valence-electron chi connectivity index (χ0n) is 14.9. The Bertz CT molecular complexity index is 742. The van der Waals surface area contributed by atoms with Gasteiger partial charge in [-0.15, -0.1) is 0 Å². The van der Waals surface area contributed by atoms with Crippen LogP contribution in [0.2, 0.25) is 0 Å². The number of hydrogen-bond acceptors (Lipinski definition) is 4. The minimum absolute atomic E-state index is 0.105. The van der Waals surface area contributed by atoms with Crippen molar-refractivity contribution in [3.8, 4) is 0 Å². The second-order valence-corrected chi connectivity index (χ2v) is 6.55. The highest BCUT2D eigenvalue weighted by molar-refractivity contribution is 6.13. The van der Waals surface area contributed by atoms with E-state index in [9.17, 15) is 9.59 Å². The van der Waals surface area contributed by atoms with Crippen molar-refractivity contribution in [3.05, 3.63) is 71.8 Å². The first-order valence-corrected chi connectivity index (χ1v) is 8.97. The first-order valence-electron chi connectivity index (χ1n) is 8.97. The van der Waals surface area contributed by atoms with Crippen molar-refractivity contribution < 1.29 is 14.3 Å². The second kappa shape index (κ2) is 8.56. The van der Waals surface area contributed by atoms with Gasteiger partial charge in [0.2, 0.25) is 0 Å². The van der Waals surface area contributed by atoms with Gasteiger partial charge in [-0.05, 0) is 18.8 Å². The number of methoxy groups -OCH3 is 1. The second-order valence-electron chi connectivity index (χ2n) is 6.55. The van der Waals surface area contributed by atoms with E-state index >= 15 is 0 Å². The number of Topliss-reactive ketones (excluding diaryl/α,β-unsaturated/α-hetero) is 1. The predicted molar refractivity (Wildman–Crippen MR) is 101 cm³/mol. The molecule has 1 aliphatic carbocycles. The Balaban J connectivity index is 2.01. The standard InChI is InChI=1S/C22H23NO3/c1-26-20(25)15-18-13-8-14-19(24)22(18)23-21(16-9-4-2-5-10-16)17-11-6-3-7-12-17/h2-7,9-12,18,22H,8,13-15H2,1H3/t18-,22?/m0/s1. The summed E-state index contributed by atoms with van der Waals surface area (Å²) in [7, 11) is 1.38. The number of benzene rings is 2. The van der Waals surface area contributed by atoms with Crippen molar-refractivity contribution in [1.82, 2.24) is 0 Å². The van der Waals surface area contributed by atoms with E-state index in [4.69, 9.17) is 9.73 Å². The molecule has 0 aromatic heterocycles. The number of esters is 1. The Hall–Kier alpha value is -2.75. The highest BCUT2D eigenvalue weighted by atomic mass is 16.5. The van der Waals surface area contributed by atoms with E-state index in [1.165, 1.54) is 7.11 Å². The van der Waals surface area contributed by atoms with Gasteiger partial charge < -0.3 is 4.74 Å². The molecule has 4 nitrogen and oxygen atoms in total. The lowest BCUT2D eigenvalue weighted by Crippen LogP contribution is -2.35. The minimum atomic E-state index is -0.502. The van der Waals surface area contributed by atoms with E-state index in [0.29, 0.717) is 6.42 Å². The Kier molecular flexibility index (Phi) is 5.95. The fraction of sp³-hybridized carbons (Fsp3) is 0.318. The van der Waals surface area contributed by atoms with E-state index in [1.807, 2.05) is 60.7 Å². The number of nitrogens with zero attached hydrogens (tertiary/aromatic N) is 1. The van der Waals surface area contributed by atoms with Crippen molar-refractivity contribution in [3.63, 3.8) is 0 Å². The Morgan fingerprint density at radius 2 is 1.62 bits per heavy atom. The van der Waals surface area contributed by atoms with Crippen molar-refractivity contribution in [2.75, 3.05) is 7.11 Å². The molecule has 2 atom stereocenters. The summed E-state index contributed by atoms with van der Waals surface area (Å²) in [5.41, 5.74) is 2.73. The molecule has 0 amide bonds. The van der Waals surface area contributed by atoms with Crippen LogP contribution < -0.4 is 0 Å². The number of carbonyl (C=O) groups is 2. The van der Waals surface area contributed by atoms with Crippen LogP contribution in [0.3, 0.4) is 0 Å². The zero-order valence-corrected chi connectivity index (χ0v) is 14.9. The zero-order chi connectivity index (χ0) is 18.4. The molecule has 26 heavy (non-hydrogen) atoms. The van der Waals surface area contributed by atoms with Crippen LogP contribution in [0.15, 0.2) is 65.7 Å². The molecule has 4 heteroatoms. The summed E-state index contributed by atoms with van der Waals surface area (Å²) < 4.78 is 4.81. The number of hydrogen-bond donors (Lipinski definition) is 0. The van der Waals surface area contributed by atoms with E-state index in [1.54, 1.807) is 0 Å². The van der Waals surface area contributed by atoms with Crippen molar-refractivity contribution >= 4 is 17.5 Å². The van der Waals surface area contributed by atoms with Gasteiger partial charge in [0.15, 0.2) is 5.78 Å². The van der Waals surface area contributed by atoms with Crippen molar-refractivity contribution in [1.29, 1.82) is 0 Å². The van der Waals surface area contributed by atoms with Gasteiger partial charge in [0, 0.05) is 17.5 Å². The highest BCUT2D eigenvalue weighted by Crippen LogP contribution is 2.29. The molecule has 1 fully saturated rings. The summed E-state index contributed by atoms with van der Waals surface area (Å²) in [6, 6.07) is 19.2. The van der Waals surface area contributed by atoms with Gasteiger partial charge in [0.25, 0.3) is 0 Å². The first-order chi connectivity index (χ1) is 12.7. The normalized spacial score (nSPS) is 19.7. The van der Waals surface area contributed by atoms with Crippen LogP contribution in [0.5, 0.6) is 0 Å². The third-order valence-electron chi connectivity index (χ3n) is 4.79. The molecular weight excluding hydrogens is 326 g/mol. The molecule has 1 aliphatic rings. The largest absolute Gasteiger partial charge is 0.469 e. The van der Waals surface area contributed by atoms with Crippen molar-refractivity contribution in [2.24, 2.45) is 10.9 Å². The summed E-state index contributed by atoms with van der Waals surface area (Å²) in [4.78, 5) is 29.3. The van der Waals surface area contributed by atoms with Crippen molar-refractivity contribution in [2.45, 2.75) is 31.7 Å². The molecular formula is C22H23NO3. The van der Waals surface area contributed by atoms with E-state index in [2.05, 4.69) is 0 Å². The topological polar surface area (TPSA) is 55.7 Å². The van der Waals surface area contributed by atoms with Crippen LogP contribution in [0.25, 0.3) is 0 Å². The monoisotopic (exact) mass is 349 g/mol. The van der Waals surface area contributed by atoms with E-state index in [-0.39, 0.29) is 24.1 Å². The van der Waals surface area contributed by atoms with Crippen LogP contribution in [0, 0.1) is 5.92 Å². The van der Waals surface area contributed by atoms with Gasteiger partial charge in [0.05, 0.1) is 19.2 Å². The van der Waals surface area contributed by atoms with Gasteiger partial charge in [0.1, 0.15) is 6.04 Å². The average molecular weight is 349 g/mol. The average Bonchev–Trinajstić information content (AvgIpc) is 2.69. The number of ether oxygens (including phenoxy) is 1. The van der Waals surface area contributed by atoms with Crippen LogP contribution in [-0.2, 0) is 14.3 Å². The van der Waals surface area contributed by atoms with Crippen LogP contribution in [0.1, 0.15) is 36.8 Å². The number of aliphatic imine (C=N–C) groups is 1. The molecule has 1 unspecified atom stereocenters. The number of carbonyl (C=O) groups excluding carboxylic acids is 2. The van der Waals surface area contributed by atoms with Crippen LogP contribution in [0.4, 0.5) is 0 Å². The van der Waals surface area contributed by atoms with E-state index < -0.39 is 6.04 Å². The quantitative estimate of drug-likeness (QED) is 0.609. The molecule has 1 saturated carbocycles. The van der Waals surface area contributed by atoms with E-state index in [0.717, 1.165) is 29.7 Å². The molecule has 134 valence electrons. The Morgan fingerprint density at radius 1 is 1.04 bits per heavy atom. The lowest BCUT2D eigenvalue weighted by Gasteiger charge is -2.27. The molecule has 0 radical (unpaired) electrons. The predicted octanol–water partition coefficient (Wildman–Crippen LogP) is 3.82. The molecule has 0 bridgehead atoms. The molecule has 0 N–H and O–H groups in total. The smallest absolute Gasteiger partial charge is 0.305 e. The fourth-order valence-corrected chi connectivity index (χ4v) is 3.44. The molecule has 3 rings (SSSR count). The third kappa shape index (κ3) is 4.26. The summed E-state index contributed by atoms with van der Waals surface area (Å²) in [5, 5.41) is 0. The lowest BCUT2D eigenvalue weighted by atomic mass is 9.81. The van der Waals surface area contributed by atoms with Gasteiger partial charge in [-0.25, -0.2) is 0 Å². The molecule has 2 aromatic rings. The molecule has 2 aromatic carbocycles. The maximum atomic E-state index is 12.6. The first kappa shape index (κ1) is 18.1. The fourth-order valence-electron chi connectivity index (χ4n) is 3.44. The summed E-state index contributed by atoms with van der Waals surface area (Å²) in [6.45, 7) is 0. The number of ketones is 1. The third-order valence-corrected chi connectivity index (χ3v) is 4.79. The Labute approximate surface area is 153 Å². The van der Waals surface area contributed by atoms with Crippen LogP contribution in [-0.4, -0.2) is 30.6 Å². The van der Waals surface area contributed by atoms with Gasteiger partial charge in [-0.1, -0.05) is 60.7 Å². The number of rotatable bonds is 5. The summed E-state index contributed by atoms with van der Waals surface area (Å²) >= 11 is 0. The van der Waals surface area contributed by atoms with Gasteiger partial charge in [-0.2, -0.15) is 0 Å². The highest BCUT2D eigenvalue weighted by Gasteiger charge is 2.33. The summed E-state index contributed by atoms with van der Waals surface area (Å²) in [5.74, 6) is -0.286. The SMILES string of the molecule is COC(=O)C[C@@H]1CCCC(=O)C1N=C(c1ccccc1)c1ccccc1. The van der Waals surface area contributed by atoms with Gasteiger partial charge in [-0.3, -0.25) is 14.6 Å². The minimum Gasteiger partial charge on any atom is -0.469 e.